The van der Waals surface area contributed by atoms with Gasteiger partial charge in [-0.15, -0.1) is 0 Å². The Kier molecular flexibility index (Phi) is 3.71. The second kappa shape index (κ2) is 4.83. The predicted octanol–water partition coefficient (Wildman–Crippen LogP) is 1.14. The molecule has 0 radical (unpaired) electrons. The molecule has 0 aromatic carbocycles. The van der Waals surface area contributed by atoms with E-state index in [0.29, 0.717) is 0 Å². The molecule has 0 aliphatic rings. The fraction of sp³-hybridized carbons (Fsp3) is 0.455. The van der Waals surface area contributed by atoms with Crippen LogP contribution in [0.3, 0.4) is 0 Å². The number of methoxy groups -OCH3 is 1. The maximum atomic E-state index is 11.8. The van der Waals surface area contributed by atoms with E-state index < -0.39 is 17.6 Å². The minimum absolute atomic E-state index is 0.148. The standard InChI is InChI=1S/C11H15NO4/c1-7(2)9(11(14)15)12-6-4-5-8(16-3)10(12)13/h4-7,9H,1-3H3,(H,14,15). The Balaban J connectivity index is 3.31. The van der Waals surface area contributed by atoms with Crippen molar-refractivity contribution in [3.05, 3.63) is 28.7 Å². The molecular formula is C11H15NO4. The van der Waals surface area contributed by atoms with Gasteiger partial charge < -0.3 is 9.84 Å². The number of carbonyl (C=O) groups is 1. The van der Waals surface area contributed by atoms with Crippen LogP contribution in [0.15, 0.2) is 23.1 Å². The lowest BCUT2D eigenvalue weighted by Crippen LogP contribution is -2.33. The molecular weight excluding hydrogens is 210 g/mol. The summed E-state index contributed by atoms with van der Waals surface area (Å²) in [6, 6.07) is 2.24. The van der Waals surface area contributed by atoms with Gasteiger partial charge in [-0.2, -0.15) is 0 Å². The Labute approximate surface area is 93.3 Å². The lowest BCUT2D eigenvalue weighted by molar-refractivity contribution is -0.142. The number of aromatic nitrogens is 1. The SMILES string of the molecule is COc1cccn(C(C(=O)O)C(C)C)c1=O. The smallest absolute Gasteiger partial charge is 0.327 e. The Morgan fingerprint density at radius 3 is 2.56 bits per heavy atom. The van der Waals surface area contributed by atoms with Crippen molar-refractivity contribution in [3.8, 4) is 5.75 Å². The molecule has 0 aliphatic heterocycles. The molecule has 1 aromatic heterocycles. The van der Waals surface area contributed by atoms with Gasteiger partial charge in [0.2, 0.25) is 0 Å². The lowest BCUT2D eigenvalue weighted by Gasteiger charge is -2.19. The molecule has 16 heavy (non-hydrogen) atoms. The van der Waals surface area contributed by atoms with Crippen molar-refractivity contribution < 1.29 is 14.6 Å². The van der Waals surface area contributed by atoms with Crippen LogP contribution in [0.1, 0.15) is 19.9 Å². The van der Waals surface area contributed by atoms with Crippen LogP contribution in [0.4, 0.5) is 0 Å². The van der Waals surface area contributed by atoms with E-state index in [2.05, 4.69) is 0 Å². The highest BCUT2D eigenvalue weighted by Crippen LogP contribution is 2.17. The minimum Gasteiger partial charge on any atom is -0.491 e. The third-order valence-electron chi connectivity index (χ3n) is 2.34. The number of carboxylic acid groups (broad SMARTS) is 1. The van der Waals surface area contributed by atoms with Crippen molar-refractivity contribution in [2.45, 2.75) is 19.9 Å². The maximum Gasteiger partial charge on any atom is 0.327 e. The van der Waals surface area contributed by atoms with E-state index >= 15 is 0 Å². The summed E-state index contributed by atoms with van der Waals surface area (Å²) < 4.78 is 6.06. The van der Waals surface area contributed by atoms with Crippen molar-refractivity contribution in [2.75, 3.05) is 7.11 Å². The summed E-state index contributed by atoms with van der Waals surface area (Å²) in [7, 11) is 1.38. The van der Waals surface area contributed by atoms with Gasteiger partial charge in [-0.3, -0.25) is 9.36 Å². The Hall–Kier alpha value is -1.78. The van der Waals surface area contributed by atoms with Gasteiger partial charge in [0.05, 0.1) is 7.11 Å². The minimum atomic E-state index is -1.02. The third kappa shape index (κ3) is 2.24. The van der Waals surface area contributed by atoms with Gasteiger partial charge in [-0.1, -0.05) is 13.8 Å². The van der Waals surface area contributed by atoms with E-state index in [1.807, 2.05) is 0 Å². The molecule has 0 fully saturated rings. The summed E-state index contributed by atoms with van der Waals surface area (Å²) in [5.41, 5.74) is -0.425. The number of pyridine rings is 1. The first-order valence-electron chi connectivity index (χ1n) is 4.97. The number of rotatable bonds is 4. The largest absolute Gasteiger partial charge is 0.491 e. The molecule has 1 rings (SSSR count). The van der Waals surface area contributed by atoms with Gasteiger partial charge in [0.25, 0.3) is 5.56 Å². The van der Waals surface area contributed by atoms with Crippen molar-refractivity contribution in [1.29, 1.82) is 0 Å². The van der Waals surface area contributed by atoms with Crippen molar-refractivity contribution in [1.82, 2.24) is 4.57 Å². The second-order valence-electron chi connectivity index (χ2n) is 3.82. The lowest BCUT2D eigenvalue weighted by atomic mass is 10.0. The van der Waals surface area contributed by atoms with E-state index in [1.165, 1.54) is 23.9 Å². The average molecular weight is 225 g/mol. The quantitative estimate of drug-likeness (QED) is 0.834. The summed E-state index contributed by atoms with van der Waals surface area (Å²) in [5.74, 6) is -1.05. The van der Waals surface area contributed by atoms with Gasteiger partial charge in [0.15, 0.2) is 5.75 Å². The van der Waals surface area contributed by atoms with E-state index in [4.69, 9.17) is 9.84 Å². The molecule has 0 bridgehead atoms. The number of ether oxygens (including phenoxy) is 1. The molecule has 1 heterocycles. The van der Waals surface area contributed by atoms with E-state index in [-0.39, 0.29) is 11.7 Å². The van der Waals surface area contributed by atoms with Crippen LogP contribution in [0.25, 0.3) is 0 Å². The molecule has 0 saturated heterocycles. The monoisotopic (exact) mass is 225 g/mol. The van der Waals surface area contributed by atoms with E-state index in [1.54, 1.807) is 19.9 Å². The van der Waals surface area contributed by atoms with Crippen LogP contribution >= 0.6 is 0 Å². The number of hydrogen-bond acceptors (Lipinski definition) is 3. The van der Waals surface area contributed by atoms with Crippen LogP contribution < -0.4 is 10.3 Å². The normalized spacial score (nSPS) is 12.5. The summed E-state index contributed by atoms with van der Waals surface area (Å²) >= 11 is 0. The summed E-state index contributed by atoms with van der Waals surface area (Å²) in [5, 5.41) is 9.08. The summed E-state index contributed by atoms with van der Waals surface area (Å²) in [4.78, 5) is 22.9. The Morgan fingerprint density at radius 1 is 1.50 bits per heavy atom. The van der Waals surface area contributed by atoms with E-state index in [9.17, 15) is 9.59 Å². The van der Waals surface area contributed by atoms with Crippen molar-refractivity contribution in [2.24, 2.45) is 5.92 Å². The summed E-state index contributed by atoms with van der Waals surface area (Å²) in [6.45, 7) is 3.51. The van der Waals surface area contributed by atoms with Crippen molar-refractivity contribution >= 4 is 5.97 Å². The Bertz CT molecular complexity index is 436. The van der Waals surface area contributed by atoms with Crippen LogP contribution in [0, 0.1) is 5.92 Å². The number of hydrogen-bond donors (Lipinski definition) is 1. The molecule has 5 nitrogen and oxygen atoms in total. The number of carboxylic acids is 1. The van der Waals surface area contributed by atoms with Crippen LogP contribution in [0.5, 0.6) is 5.75 Å². The average Bonchev–Trinajstić information content (AvgIpc) is 2.20. The molecule has 88 valence electrons. The summed E-state index contributed by atoms with van der Waals surface area (Å²) in [6.07, 6.45) is 1.46. The van der Waals surface area contributed by atoms with Gasteiger partial charge in [-0.25, -0.2) is 4.79 Å². The molecule has 1 aromatic rings. The first-order chi connectivity index (χ1) is 7.49. The highest BCUT2D eigenvalue weighted by molar-refractivity contribution is 5.72. The molecule has 0 aliphatic carbocycles. The second-order valence-corrected chi connectivity index (χ2v) is 3.82. The molecule has 0 saturated carbocycles. The number of nitrogens with zero attached hydrogens (tertiary/aromatic N) is 1. The van der Waals surface area contributed by atoms with Crippen LogP contribution in [-0.4, -0.2) is 22.8 Å². The van der Waals surface area contributed by atoms with Gasteiger partial charge in [-0.05, 0) is 18.1 Å². The molecule has 1 unspecified atom stereocenters. The Morgan fingerprint density at radius 2 is 2.12 bits per heavy atom. The first-order valence-corrected chi connectivity index (χ1v) is 4.97. The zero-order valence-electron chi connectivity index (χ0n) is 9.51. The highest BCUT2D eigenvalue weighted by Gasteiger charge is 2.24. The molecule has 1 atom stereocenters. The topological polar surface area (TPSA) is 68.5 Å². The molecule has 0 amide bonds. The molecule has 0 spiro atoms. The zero-order chi connectivity index (χ0) is 12.3. The van der Waals surface area contributed by atoms with Crippen molar-refractivity contribution in [3.63, 3.8) is 0 Å². The van der Waals surface area contributed by atoms with Gasteiger partial charge in [0.1, 0.15) is 6.04 Å². The number of aliphatic carboxylic acids is 1. The highest BCUT2D eigenvalue weighted by atomic mass is 16.5. The predicted molar refractivity (Wildman–Crippen MR) is 58.8 cm³/mol. The fourth-order valence-electron chi connectivity index (χ4n) is 1.59. The first kappa shape index (κ1) is 12.3. The van der Waals surface area contributed by atoms with Gasteiger partial charge in [0, 0.05) is 6.20 Å². The van der Waals surface area contributed by atoms with Gasteiger partial charge >= 0.3 is 5.97 Å². The maximum absolute atomic E-state index is 11.8. The van der Waals surface area contributed by atoms with Crippen LogP contribution in [0.2, 0.25) is 0 Å². The molecule has 1 N–H and O–H groups in total. The zero-order valence-corrected chi connectivity index (χ0v) is 9.51. The third-order valence-corrected chi connectivity index (χ3v) is 2.34. The molecule has 5 heteroatoms. The van der Waals surface area contributed by atoms with E-state index in [0.717, 1.165) is 0 Å². The fourth-order valence-corrected chi connectivity index (χ4v) is 1.59. The van der Waals surface area contributed by atoms with Crippen LogP contribution in [-0.2, 0) is 4.79 Å².